The van der Waals surface area contributed by atoms with Crippen LogP contribution in [-0.4, -0.2) is 73.9 Å². The molecule has 1 aromatic heterocycles. The van der Waals surface area contributed by atoms with Gasteiger partial charge in [-0.1, -0.05) is 79.4 Å². The average molecular weight is 655 g/mol. The number of carbonyl (C=O) groups is 4. The van der Waals surface area contributed by atoms with Crippen molar-refractivity contribution in [1.82, 2.24) is 20.5 Å². The van der Waals surface area contributed by atoms with Gasteiger partial charge in [0.05, 0.1) is 28.6 Å². The first-order chi connectivity index (χ1) is 21.1. The minimum absolute atomic E-state index is 0.0417. The van der Waals surface area contributed by atoms with Crippen molar-refractivity contribution >= 4 is 35.3 Å². The Bertz CT molecular complexity index is 973. The first-order valence-corrected chi connectivity index (χ1v) is 16.6. The molecule has 11 heteroatoms. The van der Waals surface area contributed by atoms with Crippen LogP contribution in [0.2, 0.25) is 0 Å². The van der Waals surface area contributed by atoms with Gasteiger partial charge in [-0.2, -0.15) is 0 Å². The van der Waals surface area contributed by atoms with Gasteiger partial charge in [0.2, 0.25) is 0 Å². The molecule has 0 saturated carbocycles. The molecule has 0 aliphatic carbocycles. The van der Waals surface area contributed by atoms with E-state index >= 15 is 0 Å². The Labute approximate surface area is 277 Å². The second-order valence-corrected chi connectivity index (χ2v) is 12.2. The Morgan fingerprint density at radius 1 is 0.978 bits per heavy atom. The van der Waals surface area contributed by atoms with Gasteiger partial charge in [-0.15, -0.1) is 11.3 Å². The molecule has 0 atom stereocenters. The minimum Gasteiger partial charge on any atom is -0.383 e. The van der Waals surface area contributed by atoms with Crippen molar-refractivity contribution in [3.05, 3.63) is 40.6 Å². The van der Waals surface area contributed by atoms with Crippen molar-refractivity contribution in [2.24, 2.45) is 5.92 Å². The summed E-state index contributed by atoms with van der Waals surface area (Å²) >= 11 is 1.39. The Kier molecular flexibility index (Phi) is 29.5. The summed E-state index contributed by atoms with van der Waals surface area (Å²) in [7, 11) is 4.79. The van der Waals surface area contributed by atoms with Crippen LogP contribution in [0.4, 0.5) is 0 Å². The zero-order chi connectivity index (χ0) is 35.4. The summed E-state index contributed by atoms with van der Waals surface area (Å²) < 4.78 is 9.82. The molecule has 0 saturated heterocycles. The molecule has 0 unspecified atom stereocenters. The number of aryl methyl sites for hydroxylation is 1. The van der Waals surface area contributed by atoms with Crippen LogP contribution in [0.25, 0.3) is 0 Å². The molecule has 0 spiro atoms. The number of ether oxygens (including phenoxy) is 2. The van der Waals surface area contributed by atoms with Crippen molar-refractivity contribution < 1.29 is 28.7 Å². The Hall–Kier alpha value is -2.89. The molecule has 2 N–H and O–H groups in total. The van der Waals surface area contributed by atoms with E-state index in [0.717, 1.165) is 30.1 Å². The molecule has 260 valence electrons. The molecule has 0 fully saturated rings. The van der Waals surface area contributed by atoms with E-state index in [1.807, 2.05) is 27.7 Å². The van der Waals surface area contributed by atoms with E-state index in [4.69, 9.17) is 14.3 Å². The third-order valence-electron chi connectivity index (χ3n) is 5.99. The lowest BCUT2D eigenvalue weighted by Crippen LogP contribution is -2.40. The number of hydrogen-bond donors (Lipinski definition) is 2. The first-order valence-electron chi connectivity index (χ1n) is 15.8. The summed E-state index contributed by atoms with van der Waals surface area (Å²) in [5.41, 5.74) is -0.0574. The summed E-state index contributed by atoms with van der Waals surface area (Å²) in [5.74, 6) is -0.683. The molecule has 0 aromatic carbocycles. The molecule has 10 nitrogen and oxygen atoms in total. The lowest BCUT2D eigenvalue weighted by atomic mass is 9.94. The summed E-state index contributed by atoms with van der Waals surface area (Å²) in [6, 6.07) is 0. The van der Waals surface area contributed by atoms with E-state index in [-0.39, 0.29) is 22.7 Å². The topological polar surface area (TPSA) is 127 Å². The van der Waals surface area contributed by atoms with E-state index < -0.39 is 17.7 Å². The summed E-state index contributed by atoms with van der Waals surface area (Å²) in [5, 5.41) is 7.17. The highest BCUT2D eigenvalue weighted by Crippen LogP contribution is 2.18. The van der Waals surface area contributed by atoms with Crippen LogP contribution in [0.3, 0.4) is 0 Å². The second-order valence-electron chi connectivity index (χ2n) is 11.2. The van der Waals surface area contributed by atoms with Crippen molar-refractivity contribution in [3.63, 3.8) is 0 Å². The summed E-state index contributed by atoms with van der Waals surface area (Å²) in [6.07, 6.45) is 10.9. The number of aromatic nitrogens is 1. The highest BCUT2D eigenvalue weighted by atomic mass is 32.1. The maximum atomic E-state index is 12.1. The molecule has 45 heavy (non-hydrogen) atoms. The summed E-state index contributed by atoms with van der Waals surface area (Å²) in [4.78, 5) is 50.6. The summed E-state index contributed by atoms with van der Waals surface area (Å²) in [6.45, 7) is 24.2. The number of aldehydes is 1. The maximum absolute atomic E-state index is 12.1. The fourth-order valence-corrected chi connectivity index (χ4v) is 4.37. The van der Waals surface area contributed by atoms with Gasteiger partial charge >= 0.3 is 0 Å². The minimum atomic E-state index is -0.721. The van der Waals surface area contributed by atoms with Crippen molar-refractivity contribution in [2.45, 2.75) is 112 Å². The van der Waals surface area contributed by atoms with Gasteiger partial charge in [-0.05, 0) is 46.5 Å². The lowest BCUT2D eigenvalue weighted by molar-refractivity contribution is -0.128. The van der Waals surface area contributed by atoms with Crippen LogP contribution in [0, 0.1) is 5.92 Å². The Balaban J connectivity index is -0.000000757. The number of likely N-dealkylation sites (N-methyl/N-ethyl adjacent to an activating group) is 1. The standard InChI is InChI=1S/C17H24N4O4S.C10H22.C5H12O.C2H4O/c1-6-7-14-20-13(10-26-14)16(23)18-11(2)15(22)19-12(3)17(24)21(4)8-9-25-5;1-4-7-10(8-5-2)9-6-3;1-5(2,3)6-4;1-2-3/h10H,2-3,6-9H2,1,4-5H3,(H,18,23)(H,19,22);10H,4-9H2,1-3H3;1-4H3;2H,1H3. The molecular formula is C34H62N4O6S. The van der Waals surface area contributed by atoms with E-state index in [0.29, 0.717) is 13.2 Å². The molecule has 1 heterocycles. The fraction of sp³-hybridized carbons (Fsp3) is 0.676. The van der Waals surface area contributed by atoms with Gasteiger partial charge in [-0.25, -0.2) is 4.98 Å². The van der Waals surface area contributed by atoms with Crippen LogP contribution in [-0.2, 0) is 30.3 Å². The van der Waals surface area contributed by atoms with Crippen molar-refractivity contribution in [2.75, 3.05) is 34.4 Å². The number of methoxy groups -OCH3 is 2. The fourth-order valence-electron chi connectivity index (χ4n) is 3.49. The number of amides is 3. The third-order valence-corrected chi connectivity index (χ3v) is 6.90. The third kappa shape index (κ3) is 26.1. The maximum Gasteiger partial charge on any atom is 0.275 e. The quantitative estimate of drug-likeness (QED) is 0.150. The number of hydrogen-bond acceptors (Lipinski definition) is 8. The highest BCUT2D eigenvalue weighted by molar-refractivity contribution is 7.09. The number of carbonyl (C=O) groups excluding carboxylic acids is 4. The molecule has 0 radical (unpaired) electrons. The number of nitrogens with zero attached hydrogens (tertiary/aromatic N) is 2. The van der Waals surface area contributed by atoms with Crippen LogP contribution >= 0.6 is 11.3 Å². The van der Waals surface area contributed by atoms with Gasteiger partial charge in [0, 0.05) is 33.2 Å². The van der Waals surface area contributed by atoms with Crippen LogP contribution in [0.15, 0.2) is 29.9 Å². The normalized spacial score (nSPS) is 10.1. The smallest absolute Gasteiger partial charge is 0.275 e. The van der Waals surface area contributed by atoms with Gasteiger partial charge in [0.1, 0.15) is 12.0 Å². The predicted octanol–water partition coefficient (Wildman–Crippen LogP) is 6.71. The van der Waals surface area contributed by atoms with Gasteiger partial charge in [0.25, 0.3) is 17.7 Å². The Morgan fingerprint density at radius 3 is 1.87 bits per heavy atom. The van der Waals surface area contributed by atoms with E-state index in [2.05, 4.69) is 49.5 Å². The van der Waals surface area contributed by atoms with Crippen molar-refractivity contribution in [3.8, 4) is 0 Å². The second kappa shape index (κ2) is 28.6. The van der Waals surface area contributed by atoms with Crippen LogP contribution in [0.5, 0.6) is 0 Å². The number of rotatable bonds is 16. The van der Waals surface area contributed by atoms with Crippen LogP contribution < -0.4 is 10.6 Å². The molecule has 3 amide bonds. The van der Waals surface area contributed by atoms with E-state index in [1.165, 1.54) is 68.8 Å². The number of thiazole rings is 1. The predicted molar refractivity (Wildman–Crippen MR) is 186 cm³/mol. The van der Waals surface area contributed by atoms with E-state index in [1.54, 1.807) is 19.5 Å². The SMILES string of the molecule is C=C(NC(=O)c1csc(CCC)n1)C(=O)NC(=C)C(=O)N(C)CCOC.CC=O.CCCC(CCC)CCC.COC(C)(C)C. The van der Waals surface area contributed by atoms with Gasteiger partial charge in [0.15, 0.2) is 0 Å². The molecular weight excluding hydrogens is 592 g/mol. The Morgan fingerprint density at radius 2 is 1.47 bits per heavy atom. The molecule has 0 aliphatic rings. The average Bonchev–Trinajstić information content (AvgIpc) is 3.45. The number of nitrogens with one attached hydrogen (secondary N) is 2. The van der Waals surface area contributed by atoms with E-state index in [9.17, 15) is 14.4 Å². The van der Waals surface area contributed by atoms with Crippen LogP contribution in [0.1, 0.15) is 116 Å². The first kappa shape index (κ1) is 46.5. The lowest BCUT2D eigenvalue weighted by Gasteiger charge is -2.18. The van der Waals surface area contributed by atoms with Gasteiger partial charge in [-0.3, -0.25) is 14.4 Å². The molecule has 0 bridgehead atoms. The largest absolute Gasteiger partial charge is 0.383 e. The molecule has 1 aromatic rings. The highest BCUT2D eigenvalue weighted by Gasteiger charge is 2.19. The molecule has 1 rings (SSSR count). The zero-order valence-corrected chi connectivity index (χ0v) is 30.8. The van der Waals surface area contributed by atoms with Gasteiger partial charge < -0.3 is 29.8 Å². The molecule has 0 aliphatic heterocycles. The monoisotopic (exact) mass is 654 g/mol. The van der Waals surface area contributed by atoms with Crippen molar-refractivity contribution in [1.29, 1.82) is 0 Å². The zero-order valence-electron chi connectivity index (χ0n) is 30.0.